The molecule has 1 atom stereocenters. The van der Waals surface area contributed by atoms with Crippen molar-refractivity contribution < 1.29 is 14.1 Å². The van der Waals surface area contributed by atoms with E-state index in [1.165, 1.54) is 12.1 Å². The van der Waals surface area contributed by atoms with Gasteiger partial charge in [-0.25, -0.2) is 0 Å². The lowest BCUT2D eigenvalue weighted by Gasteiger charge is -2.35. The highest BCUT2D eigenvalue weighted by atomic mass is 16.6. The number of hydrogen-bond donors (Lipinski definition) is 0. The van der Waals surface area contributed by atoms with Crippen molar-refractivity contribution in [1.82, 2.24) is 9.47 Å². The zero-order valence-electron chi connectivity index (χ0n) is 12.3. The minimum Gasteiger partial charge on any atom is -0.395 e. The van der Waals surface area contributed by atoms with Crippen LogP contribution in [0.4, 0.5) is 5.88 Å². The largest absolute Gasteiger partial charge is 0.433 e. The second kappa shape index (κ2) is 5.67. The first-order valence-electron chi connectivity index (χ1n) is 7.24. The van der Waals surface area contributed by atoms with E-state index in [1.807, 2.05) is 29.9 Å². The van der Waals surface area contributed by atoms with Gasteiger partial charge in [-0.3, -0.25) is 14.9 Å². The lowest BCUT2D eigenvalue weighted by molar-refractivity contribution is -0.402. The van der Waals surface area contributed by atoms with Crippen LogP contribution in [-0.4, -0.2) is 26.8 Å². The second-order valence-electron chi connectivity index (χ2n) is 5.45. The summed E-state index contributed by atoms with van der Waals surface area (Å²) in [6.45, 7) is 0.628. The molecular formula is C15H17N3O4. The van der Waals surface area contributed by atoms with E-state index in [0.29, 0.717) is 6.54 Å². The van der Waals surface area contributed by atoms with Gasteiger partial charge in [-0.05, 0) is 37.5 Å². The minimum atomic E-state index is -0.637. The normalized spacial score (nSPS) is 18.4. The molecule has 0 N–H and O–H groups in total. The van der Waals surface area contributed by atoms with Crippen LogP contribution >= 0.6 is 0 Å². The molecule has 2 aromatic rings. The fraction of sp³-hybridized carbons (Fsp3) is 0.400. The zero-order chi connectivity index (χ0) is 15.7. The van der Waals surface area contributed by atoms with Gasteiger partial charge < -0.3 is 13.9 Å². The van der Waals surface area contributed by atoms with E-state index < -0.39 is 10.8 Å². The molecular weight excluding hydrogens is 286 g/mol. The van der Waals surface area contributed by atoms with E-state index in [-0.39, 0.29) is 17.7 Å². The van der Waals surface area contributed by atoms with E-state index >= 15 is 0 Å². The number of hydrogen-bond acceptors (Lipinski definition) is 4. The Kier molecular flexibility index (Phi) is 3.70. The number of rotatable bonds is 3. The third kappa shape index (κ3) is 2.49. The molecule has 7 heteroatoms. The summed E-state index contributed by atoms with van der Waals surface area (Å²) in [5.41, 5.74) is 1.06. The summed E-state index contributed by atoms with van der Waals surface area (Å²) in [5, 5.41) is 10.7. The van der Waals surface area contributed by atoms with Gasteiger partial charge in [0.15, 0.2) is 5.76 Å². The van der Waals surface area contributed by atoms with Crippen LogP contribution in [0.3, 0.4) is 0 Å². The molecule has 1 saturated heterocycles. The van der Waals surface area contributed by atoms with Crippen molar-refractivity contribution in [2.24, 2.45) is 7.05 Å². The van der Waals surface area contributed by atoms with Crippen LogP contribution in [0, 0.1) is 10.1 Å². The number of nitrogens with zero attached hydrogens (tertiary/aromatic N) is 3. The number of aromatic nitrogens is 1. The summed E-state index contributed by atoms with van der Waals surface area (Å²) in [5.74, 6) is -0.678. The molecule has 1 fully saturated rings. The summed E-state index contributed by atoms with van der Waals surface area (Å²) in [6.07, 6.45) is 4.81. The van der Waals surface area contributed by atoms with Crippen molar-refractivity contribution in [2.75, 3.05) is 6.54 Å². The van der Waals surface area contributed by atoms with Gasteiger partial charge in [-0.15, -0.1) is 0 Å². The molecule has 0 aromatic carbocycles. The van der Waals surface area contributed by atoms with Crippen molar-refractivity contribution in [3.8, 4) is 0 Å². The Morgan fingerprint density at radius 2 is 2.18 bits per heavy atom. The molecule has 3 rings (SSSR count). The first kappa shape index (κ1) is 14.4. The standard InChI is InChI=1S/C15H17N3O4/c1-16-9-4-6-11(16)12-5-2-3-10-17(12)15(19)13-7-8-14(22-13)18(20)21/h4,6-9,12H,2-3,5,10H2,1H3. The maximum Gasteiger partial charge on any atom is 0.433 e. The third-order valence-corrected chi connectivity index (χ3v) is 4.07. The average Bonchev–Trinajstić information content (AvgIpc) is 3.15. The number of nitro groups is 1. The van der Waals surface area contributed by atoms with Gasteiger partial charge in [0.1, 0.15) is 4.92 Å². The quantitative estimate of drug-likeness (QED) is 0.645. The van der Waals surface area contributed by atoms with E-state index in [9.17, 15) is 14.9 Å². The monoisotopic (exact) mass is 303 g/mol. The van der Waals surface area contributed by atoms with E-state index in [1.54, 1.807) is 4.90 Å². The van der Waals surface area contributed by atoms with Crippen molar-refractivity contribution >= 4 is 11.8 Å². The van der Waals surface area contributed by atoms with E-state index in [2.05, 4.69) is 0 Å². The molecule has 0 spiro atoms. The van der Waals surface area contributed by atoms with Crippen LogP contribution in [0.1, 0.15) is 41.6 Å². The summed E-state index contributed by atoms with van der Waals surface area (Å²) in [7, 11) is 1.95. The number of likely N-dealkylation sites (tertiary alicyclic amines) is 1. The van der Waals surface area contributed by atoms with Crippen LogP contribution in [-0.2, 0) is 7.05 Å². The molecule has 1 unspecified atom stereocenters. The Morgan fingerprint density at radius 3 is 2.82 bits per heavy atom. The zero-order valence-corrected chi connectivity index (χ0v) is 12.3. The Bertz CT molecular complexity index is 703. The molecule has 0 saturated carbocycles. The summed E-state index contributed by atoms with van der Waals surface area (Å²) in [4.78, 5) is 24.5. The lowest BCUT2D eigenvalue weighted by Crippen LogP contribution is -2.39. The van der Waals surface area contributed by atoms with Crippen LogP contribution in [0.5, 0.6) is 0 Å². The van der Waals surface area contributed by atoms with Gasteiger partial charge in [0.2, 0.25) is 0 Å². The first-order chi connectivity index (χ1) is 10.6. The van der Waals surface area contributed by atoms with Crippen LogP contribution in [0.2, 0.25) is 0 Å². The molecule has 1 aliphatic heterocycles. The molecule has 0 bridgehead atoms. The number of carbonyl (C=O) groups excluding carboxylic acids is 1. The number of amides is 1. The smallest absolute Gasteiger partial charge is 0.395 e. The minimum absolute atomic E-state index is 0.0211. The molecule has 2 aromatic heterocycles. The molecule has 3 heterocycles. The summed E-state index contributed by atoms with van der Waals surface area (Å²) < 4.78 is 7.06. The van der Waals surface area contributed by atoms with E-state index in [4.69, 9.17) is 4.42 Å². The molecule has 1 aliphatic rings. The Labute approximate surface area is 127 Å². The van der Waals surface area contributed by atoms with Gasteiger partial charge in [-0.2, -0.15) is 0 Å². The Balaban J connectivity index is 1.88. The molecule has 22 heavy (non-hydrogen) atoms. The van der Waals surface area contributed by atoms with Gasteiger partial charge in [0.05, 0.1) is 12.1 Å². The van der Waals surface area contributed by atoms with Gasteiger partial charge >= 0.3 is 5.88 Å². The third-order valence-electron chi connectivity index (χ3n) is 4.07. The molecule has 1 amide bonds. The number of piperidine rings is 1. The number of aryl methyl sites for hydroxylation is 1. The van der Waals surface area contributed by atoms with Gasteiger partial charge in [0.25, 0.3) is 5.91 Å². The predicted octanol–water partition coefficient (Wildman–Crippen LogP) is 2.89. The number of furan rings is 1. The van der Waals surface area contributed by atoms with Crippen LogP contribution in [0.15, 0.2) is 34.9 Å². The molecule has 7 nitrogen and oxygen atoms in total. The maximum absolute atomic E-state index is 12.7. The number of carbonyl (C=O) groups is 1. The van der Waals surface area contributed by atoms with Gasteiger partial charge in [-0.1, -0.05) is 0 Å². The summed E-state index contributed by atoms with van der Waals surface area (Å²) >= 11 is 0. The maximum atomic E-state index is 12.7. The SMILES string of the molecule is Cn1cccc1C1CCCCN1C(=O)c1ccc([N+](=O)[O-])o1. The molecule has 0 radical (unpaired) electrons. The predicted molar refractivity (Wildman–Crippen MR) is 78.4 cm³/mol. The van der Waals surface area contributed by atoms with Crippen molar-refractivity contribution in [2.45, 2.75) is 25.3 Å². The van der Waals surface area contributed by atoms with Crippen LogP contribution in [0.25, 0.3) is 0 Å². The van der Waals surface area contributed by atoms with Crippen molar-refractivity contribution in [3.63, 3.8) is 0 Å². The van der Waals surface area contributed by atoms with E-state index in [0.717, 1.165) is 25.0 Å². The highest BCUT2D eigenvalue weighted by Gasteiger charge is 2.32. The second-order valence-corrected chi connectivity index (χ2v) is 5.45. The first-order valence-corrected chi connectivity index (χ1v) is 7.24. The topological polar surface area (TPSA) is 81.5 Å². The van der Waals surface area contributed by atoms with Crippen molar-refractivity contribution in [3.05, 3.63) is 52.0 Å². The van der Waals surface area contributed by atoms with Crippen LogP contribution < -0.4 is 0 Å². The highest BCUT2D eigenvalue weighted by molar-refractivity contribution is 5.92. The van der Waals surface area contributed by atoms with Gasteiger partial charge in [0, 0.05) is 25.5 Å². The molecule has 0 aliphatic carbocycles. The van der Waals surface area contributed by atoms with Crippen molar-refractivity contribution in [1.29, 1.82) is 0 Å². The highest BCUT2D eigenvalue weighted by Crippen LogP contribution is 2.32. The average molecular weight is 303 g/mol. The Hall–Kier alpha value is -2.57. The fourth-order valence-corrected chi connectivity index (χ4v) is 2.98. The molecule has 116 valence electrons. The Morgan fingerprint density at radius 1 is 1.36 bits per heavy atom. The fourth-order valence-electron chi connectivity index (χ4n) is 2.98. The lowest BCUT2D eigenvalue weighted by atomic mass is 9.99. The summed E-state index contributed by atoms with van der Waals surface area (Å²) in [6, 6.07) is 6.52.